The molecule has 0 rings (SSSR count). The predicted octanol–water partition coefficient (Wildman–Crippen LogP) is -0.830. The van der Waals surface area contributed by atoms with Gasteiger partial charge in [-0.3, -0.25) is 4.79 Å². The quantitative estimate of drug-likeness (QED) is 0.494. The fourth-order valence-corrected chi connectivity index (χ4v) is 0.950. The zero-order valence-corrected chi connectivity index (χ0v) is 8.48. The van der Waals surface area contributed by atoms with Crippen molar-refractivity contribution in [1.29, 1.82) is 0 Å². The monoisotopic (exact) mass is 206 g/mol. The number of carbonyl (C=O) groups excluding carboxylic acids is 1. The van der Waals surface area contributed by atoms with Gasteiger partial charge in [-0.15, -0.1) is 9.24 Å². The predicted molar refractivity (Wildman–Crippen MR) is 52.4 cm³/mol. The molecule has 0 aliphatic carbocycles. The summed E-state index contributed by atoms with van der Waals surface area (Å²) in [5.41, 5.74) is 5.23. The number of carboxylic acid groups (broad SMARTS) is 1. The Morgan fingerprint density at radius 3 is 2.54 bits per heavy atom. The lowest BCUT2D eigenvalue weighted by Crippen LogP contribution is -2.41. The molecule has 2 atom stereocenters. The van der Waals surface area contributed by atoms with Crippen LogP contribution in [-0.4, -0.2) is 35.7 Å². The van der Waals surface area contributed by atoms with E-state index >= 15 is 0 Å². The van der Waals surface area contributed by atoms with E-state index in [1.54, 1.807) is 0 Å². The van der Waals surface area contributed by atoms with Gasteiger partial charge in [-0.25, -0.2) is 4.79 Å². The Balaban J connectivity index is 3.94. The summed E-state index contributed by atoms with van der Waals surface area (Å²) in [6.07, 6.45) is 1.18. The zero-order chi connectivity index (χ0) is 10.3. The number of hydrogen-bond donors (Lipinski definition) is 3. The highest BCUT2D eigenvalue weighted by Crippen LogP contribution is 1.97. The van der Waals surface area contributed by atoms with Gasteiger partial charge in [0.25, 0.3) is 0 Å². The van der Waals surface area contributed by atoms with E-state index in [4.69, 9.17) is 10.8 Å². The molecule has 1 amide bonds. The lowest BCUT2D eigenvalue weighted by Gasteiger charge is -2.12. The number of nitrogens with one attached hydrogen (secondary N) is 1. The summed E-state index contributed by atoms with van der Waals surface area (Å²) in [5, 5.41) is 11.1. The average Bonchev–Trinajstić information content (AvgIpc) is 2.11. The first kappa shape index (κ1) is 12.3. The number of amides is 1. The fraction of sp³-hybridized carbons (Fsp3) is 0.714. The second-order valence-electron chi connectivity index (χ2n) is 2.59. The van der Waals surface area contributed by atoms with Gasteiger partial charge in [0.1, 0.15) is 6.04 Å². The average molecular weight is 206 g/mol. The molecule has 0 aromatic rings. The Labute approximate surface area is 79.3 Å². The van der Waals surface area contributed by atoms with Gasteiger partial charge in [0.05, 0.1) is 0 Å². The molecule has 0 aromatic heterocycles. The third-order valence-electron chi connectivity index (χ3n) is 1.52. The van der Waals surface area contributed by atoms with E-state index in [1.165, 1.54) is 0 Å². The number of nitrogens with two attached hydrogens (primary N) is 1. The van der Waals surface area contributed by atoms with Crippen LogP contribution < -0.4 is 11.1 Å². The Morgan fingerprint density at radius 2 is 2.15 bits per heavy atom. The second kappa shape index (κ2) is 6.80. The van der Waals surface area contributed by atoms with Gasteiger partial charge < -0.3 is 16.2 Å². The maximum Gasteiger partial charge on any atom is 0.326 e. The number of carboxylic acids is 1. The van der Waals surface area contributed by atoms with E-state index in [-0.39, 0.29) is 12.1 Å². The minimum atomic E-state index is -1.01. The first-order valence-electron chi connectivity index (χ1n) is 4.04. The summed E-state index contributed by atoms with van der Waals surface area (Å²) in [6, 6.07) is -0.809. The second-order valence-corrected chi connectivity index (χ2v) is 3.00. The molecule has 0 aliphatic rings. The first-order chi connectivity index (χ1) is 6.11. The molecule has 0 aromatic carbocycles. The molecule has 13 heavy (non-hydrogen) atoms. The van der Waals surface area contributed by atoms with Gasteiger partial charge in [0.2, 0.25) is 5.91 Å². The van der Waals surface area contributed by atoms with E-state index in [9.17, 15) is 9.59 Å². The van der Waals surface area contributed by atoms with Crippen LogP contribution in [0.1, 0.15) is 12.8 Å². The summed E-state index contributed by atoms with van der Waals surface area (Å²) in [5.74, 6) is -1.30. The van der Waals surface area contributed by atoms with Gasteiger partial charge in [0.15, 0.2) is 0 Å². The minimum Gasteiger partial charge on any atom is -0.480 e. The molecule has 5 nitrogen and oxygen atoms in total. The summed E-state index contributed by atoms with van der Waals surface area (Å²) in [6.45, 7) is 0.431. The van der Waals surface area contributed by atoms with Crippen LogP contribution in [0.3, 0.4) is 0 Å². The molecule has 0 fully saturated rings. The standard InChI is InChI=1S/C7H15N2O3P/c8-3-1-2-5(7(11)12)9-6(10)4-13/h5H,1-4,8,13H2,(H,9,10)(H,11,12)/t5-/m1/s1. The molecule has 0 spiro atoms. The van der Waals surface area contributed by atoms with Crippen LogP contribution >= 0.6 is 9.24 Å². The number of rotatable bonds is 6. The van der Waals surface area contributed by atoms with Crippen molar-refractivity contribution < 1.29 is 14.7 Å². The van der Waals surface area contributed by atoms with Crippen molar-refractivity contribution in [1.82, 2.24) is 5.32 Å². The Hall–Kier alpha value is -0.670. The van der Waals surface area contributed by atoms with Crippen molar-refractivity contribution in [2.24, 2.45) is 5.73 Å². The Kier molecular flexibility index (Phi) is 6.45. The van der Waals surface area contributed by atoms with Crippen LogP contribution in [0.25, 0.3) is 0 Å². The Bertz CT molecular complexity index is 187. The van der Waals surface area contributed by atoms with Gasteiger partial charge in [-0.05, 0) is 19.4 Å². The summed E-state index contributed by atoms with van der Waals surface area (Å²) < 4.78 is 0. The molecule has 1 unspecified atom stereocenters. The highest BCUT2D eigenvalue weighted by Gasteiger charge is 2.17. The number of carbonyl (C=O) groups is 2. The van der Waals surface area contributed by atoms with E-state index in [0.29, 0.717) is 19.4 Å². The first-order valence-corrected chi connectivity index (χ1v) is 4.85. The maximum atomic E-state index is 10.9. The van der Waals surface area contributed by atoms with Crippen LogP contribution in [-0.2, 0) is 9.59 Å². The lowest BCUT2D eigenvalue weighted by molar-refractivity contribution is -0.141. The third-order valence-corrected chi connectivity index (χ3v) is 1.89. The molecule has 0 aliphatic heterocycles. The Morgan fingerprint density at radius 1 is 1.54 bits per heavy atom. The zero-order valence-electron chi connectivity index (χ0n) is 7.32. The molecule has 0 radical (unpaired) electrons. The number of aliphatic carboxylic acids is 1. The highest BCUT2D eigenvalue weighted by atomic mass is 31.0. The normalized spacial score (nSPS) is 12.2. The van der Waals surface area contributed by atoms with E-state index < -0.39 is 12.0 Å². The van der Waals surface area contributed by atoms with Gasteiger partial charge in [-0.2, -0.15) is 0 Å². The third kappa shape index (κ3) is 5.55. The molecule has 0 saturated heterocycles. The molecular weight excluding hydrogens is 191 g/mol. The van der Waals surface area contributed by atoms with Gasteiger partial charge in [0, 0.05) is 6.16 Å². The van der Waals surface area contributed by atoms with Crippen LogP contribution in [0.4, 0.5) is 0 Å². The van der Waals surface area contributed by atoms with Crippen molar-refractivity contribution >= 4 is 21.1 Å². The van der Waals surface area contributed by atoms with E-state index in [1.807, 2.05) is 0 Å². The van der Waals surface area contributed by atoms with Crippen LogP contribution in [0, 0.1) is 0 Å². The topological polar surface area (TPSA) is 92.4 Å². The molecule has 0 bridgehead atoms. The molecule has 6 heteroatoms. The largest absolute Gasteiger partial charge is 0.480 e. The highest BCUT2D eigenvalue weighted by molar-refractivity contribution is 7.18. The SMILES string of the molecule is NCCC[C@@H](NC(=O)CP)C(=O)O. The van der Waals surface area contributed by atoms with E-state index in [2.05, 4.69) is 14.6 Å². The molecular formula is C7H15N2O3P. The molecule has 76 valence electrons. The summed E-state index contributed by atoms with van der Waals surface area (Å²) in [7, 11) is 2.23. The van der Waals surface area contributed by atoms with Gasteiger partial charge >= 0.3 is 5.97 Å². The molecule has 0 saturated carbocycles. The van der Waals surface area contributed by atoms with Crippen molar-refractivity contribution in [2.45, 2.75) is 18.9 Å². The minimum absolute atomic E-state index is 0.215. The smallest absolute Gasteiger partial charge is 0.326 e. The summed E-state index contributed by atoms with van der Waals surface area (Å²) in [4.78, 5) is 21.5. The van der Waals surface area contributed by atoms with Crippen molar-refractivity contribution in [3.63, 3.8) is 0 Å². The van der Waals surface area contributed by atoms with E-state index in [0.717, 1.165) is 0 Å². The molecule has 4 N–H and O–H groups in total. The maximum absolute atomic E-state index is 10.9. The lowest BCUT2D eigenvalue weighted by atomic mass is 10.1. The molecule has 0 heterocycles. The van der Waals surface area contributed by atoms with Gasteiger partial charge in [-0.1, -0.05) is 0 Å². The van der Waals surface area contributed by atoms with Crippen molar-refractivity contribution in [2.75, 3.05) is 12.7 Å². The summed E-state index contributed by atoms with van der Waals surface area (Å²) >= 11 is 0. The van der Waals surface area contributed by atoms with Crippen LogP contribution in [0.5, 0.6) is 0 Å². The number of hydrogen-bond acceptors (Lipinski definition) is 3. The fourth-order valence-electron chi connectivity index (χ4n) is 0.833. The van der Waals surface area contributed by atoms with Crippen LogP contribution in [0.2, 0.25) is 0 Å². The van der Waals surface area contributed by atoms with Crippen molar-refractivity contribution in [3.05, 3.63) is 0 Å². The van der Waals surface area contributed by atoms with Crippen molar-refractivity contribution in [3.8, 4) is 0 Å². The van der Waals surface area contributed by atoms with Crippen LogP contribution in [0.15, 0.2) is 0 Å².